The molecule has 21 heavy (non-hydrogen) atoms. The van der Waals surface area contributed by atoms with Crippen LogP contribution in [-0.2, 0) is 4.74 Å². The molecule has 5 heteroatoms. The summed E-state index contributed by atoms with van der Waals surface area (Å²) in [5.74, 6) is 0. The Kier molecular flexibility index (Phi) is 4.14. The van der Waals surface area contributed by atoms with E-state index < -0.39 is 5.60 Å². The third-order valence-electron chi connectivity index (χ3n) is 4.76. The number of hydrogen-bond donors (Lipinski definition) is 2. The zero-order valence-electron chi connectivity index (χ0n) is 13.5. The summed E-state index contributed by atoms with van der Waals surface area (Å²) in [7, 11) is 0. The summed E-state index contributed by atoms with van der Waals surface area (Å²) in [6, 6.07) is 2.11. The Labute approximate surface area is 127 Å². The van der Waals surface area contributed by atoms with Gasteiger partial charge in [-0.15, -0.1) is 0 Å². The van der Waals surface area contributed by atoms with Gasteiger partial charge in [-0.1, -0.05) is 0 Å². The molecule has 2 saturated heterocycles. The average molecular weight is 295 g/mol. The van der Waals surface area contributed by atoms with Crippen molar-refractivity contribution in [3.05, 3.63) is 0 Å². The molecule has 2 N–H and O–H groups in total. The number of fused-ring (bicyclic) bond motifs is 1. The normalized spacial score (nSPS) is 36.1. The molecule has 1 aliphatic carbocycles. The maximum Gasteiger partial charge on any atom is 0.407 e. The smallest absolute Gasteiger partial charge is 0.407 e. The number of alkyl carbamates (subject to hydrolysis) is 1. The van der Waals surface area contributed by atoms with Crippen LogP contribution < -0.4 is 10.6 Å². The van der Waals surface area contributed by atoms with Gasteiger partial charge in [0.15, 0.2) is 0 Å². The third kappa shape index (κ3) is 4.10. The van der Waals surface area contributed by atoms with Crippen LogP contribution in [0.15, 0.2) is 0 Å². The van der Waals surface area contributed by atoms with Crippen molar-refractivity contribution in [3.8, 4) is 0 Å². The molecule has 4 unspecified atom stereocenters. The van der Waals surface area contributed by atoms with E-state index in [0.29, 0.717) is 12.1 Å². The molecule has 0 bridgehead atoms. The van der Waals surface area contributed by atoms with Gasteiger partial charge in [-0.3, -0.25) is 0 Å². The molecular weight excluding hydrogens is 266 g/mol. The number of rotatable bonds is 3. The second kappa shape index (κ2) is 5.76. The number of carbonyl (C=O) groups excluding carboxylic acids is 1. The van der Waals surface area contributed by atoms with E-state index in [2.05, 4.69) is 15.5 Å². The first-order chi connectivity index (χ1) is 9.90. The van der Waals surface area contributed by atoms with Gasteiger partial charge in [0.2, 0.25) is 0 Å². The molecule has 2 aliphatic heterocycles. The van der Waals surface area contributed by atoms with Gasteiger partial charge in [0.05, 0.1) is 0 Å². The first kappa shape index (κ1) is 15.1. The Morgan fingerprint density at radius 2 is 1.95 bits per heavy atom. The van der Waals surface area contributed by atoms with E-state index in [1.165, 1.54) is 38.8 Å². The van der Waals surface area contributed by atoms with E-state index in [1.54, 1.807) is 0 Å². The highest BCUT2D eigenvalue weighted by Crippen LogP contribution is 2.29. The molecule has 0 aromatic carbocycles. The van der Waals surface area contributed by atoms with Crippen molar-refractivity contribution in [2.75, 3.05) is 13.1 Å². The Bertz CT molecular complexity index is 393. The molecule has 0 aromatic rings. The van der Waals surface area contributed by atoms with Crippen molar-refractivity contribution in [1.82, 2.24) is 15.5 Å². The number of ether oxygens (including phenoxy) is 1. The quantitative estimate of drug-likeness (QED) is 0.834. The van der Waals surface area contributed by atoms with Crippen molar-refractivity contribution in [2.45, 2.75) is 82.6 Å². The maximum absolute atomic E-state index is 11.7. The van der Waals surface area contributed by atoms with Gasteiger partial charge in [-0.25, -0.2) is 4.79 Å². The van der Waals surface area contributed by atoms with E-state index in [1.807, 2.05) is 20.8 Å². The van der Waals surface area contributed by atoms with Crippen LogP contribution >= 0.6 is 0 Å². The second-order valence-electron chi connectivity index (χ2n) is 7.81. The number of amides is 1. The standard InChI is InChI=1S/C16H29N3O2/c1-16(2,3)21-15(20)18-14-10-13(14)17-11-6-8-19-7-4-5-12(19)9-11/h11-14,17H,4-10H2,1-3H3,(H,18,20). The highest BCUT2D eigenvalue weighted by molar-refractivity contribution is 5.68. The van der Waals surface area contributed by atoms with Gasteiger partial charge < -0.3 is 20.3 Å². The van der Waals surface area contributed by atoms with Crippen LogP contribution in [-0.4, -0.2) is 53.9 Å². The van der Waals surface area contributed by atoms with Gasteiger partial charge in [0.1, 0.15) is 5.60 Å². The SMILES string of the molecule is CC(C)(C)OC(=O)NC1CC1NC1CCN2CCCC2C1. The molecule has 3 aliphatic rings. The molecule has 1 saturated carbocycles. The number of carbonyl (C=O) groups is 1. The number of hydrogen-bond acceptors (Lipinski definition) is 4. The fraction of sp³-hybridized carbons (Fsp3) is 0.938. The van der Waals surface area contributed by atoms with Gasteiger partial charge in [0.25, 0.3) is 0 Å². The summed E-state index contributed by atoms with van der Waals surface area (Å²) >= 11 is 0. The van der Waals surface area contributed by atoms with E-state index in [9.17, 15) is 4.79 Å². The Morgan fingerprint density at radius 1 is 1.14 bits per heavy atom. The molecule has 3 fully saturated rings. The lowest BCUT2D eigenvalue weighted by Gasteiger charge is -2.35. The fourth-order valence-electron chi connectivity index (χ4n) is 3.68. The largest absolute Gasteiger partial charge is 0.444 e. The van der Waals surface area contributed by atoms with Crippen LogP contribution in [0.2, 0.25) is 0 Å². The summed E-state index contributed by atoms with van der Waals surface area (Å²) < 4.78 is 5.30. The summed E-state index contributed by atoms with van der Waals surface area (Å²) in [6.07, 6.45) is 5.99. The minimum absolute atomic E-state index is 0.251. The van der Waals surface area contributed by atoms with Crippen molar-refractivity contribution < 1.29 is 9.53 Å². The van der Waals surface area contributed by atoms with Crippen LogP contribution in [0, 0.1) is 0 Å². The van der Waals surface area contributed by atoms with Crippen molar-refractivity contribution in [1.29, 1.82) is 0 Å². The van der Waals surface area contributed by atoms with Crippen molar-refractivity contribution in [3.63, 3.8) is 0 Å². The minimum atomic E-state index is -0.419. The zero-order chi connectivity index (χ0) is 15.0. The number of nitrogens with zero attached hydrogens (tertiary/aromatic N) is 1. The minimum Gasteiger partial charge on any atom is -0.444 e. The van der Waals surface area contributed by atoms with Crippen LogP contribution in [0.5, 0.6) is 0 Å². The molecule has 1 amide bonds. The number of nitrogens with one attached hydrogen (secondary N) is 2. The lowest BCUT2D eigenvalue weighted by Crippen LogP contribution is -2.47. The molecule has 120 valence electrons. The van der Waals surface area contributed by atoms with Crippen molar-refractivity contribution >= 4 is 6.09 Å². The average Bonchev–Trinajstić information content (AvgIpc) is 2.90. The monoisotopic (exact) mass is 295 g/mol. The molecule has 3 rings (SSSR count). The Hall–Kier alpha value is -0.810. The van der Waals surface area contributed by atoms with Gasteiger partial charge in [0, 0.05) is 24.2 Å². The summed E-state index contributed by atoms with van der Waals surface area (Å²) in [6.45, 7) is 8.21. The molecular formula is C16H29N3O2. The predicted molar refractivity (Wildman–Crippen MR) is 82.3 cm³/mol. The Morgan fingerprint density at radius 3 is 2.71 bits per heavy atom. The number of piperidine rings is 1. The topological polar surface area (TPSA) is 53.6 Å². The highest BCUT2D eigenvalue weighted by atomic mass is 16.6. The third-order valence-corrected chi connectivity index (χ3v) is 4.76. The molecule has 5 nitrogen and oxygen atoms in total. The van der Waals surface area contributed by atoms with Crippen LogP contribution in [0.3, 0.4) is 0 Å². The Balaban J connectivity index is 1.37. The summed E-state index contributed by atoms with van der Waals surface area (Å²) in [5.41, 5.74) is -0.419. The van der Waals surface area contributed by atoms with E-state index >= 15 is 0 Å². The van der Waals surface area contributed by atoms with E-state index in [0.717, 1.165) is 12.5 Å². The summed E-state index contributed by atoms with van der Waals surface area (Å²) in [4.78, 5) is 14.4. The first-order valence-corrected chi connectivity index (χ1v) is 8.40. The summed E-state index contributed by atoms with van der Waals surface area (Å²) in [5, 5.41) is 6.69. The van der Waals surface area contributed by atoms with E-state index in [-0.39, 0.29) is 12.1 Å². The molecule has 2 heterocycles. The predicted octanol–water partition coefficient (Wildman–Crippen LogP) is 1.87. The molecule has 0 radical (unpaired) electrons. The second-order valence-corrected chi connectivity index (χ2v) is 7.81. The lowest BCUT2D eigenvalue weighted by molar-refractivity contribution is 0.0521. The molecule has 0 aromatic heterocycles. The van der Waals surface area contributed by atoms with E-state index in [4.69, 9.17) is 4.74 Å². The fourth-order valence-corrected chi connectivity index (χ4v) is 3.68. The maximum atomic E-state index is 11.7. The molecule has 0 spiro atoms. The van der Waals surface area contributed by atoms with Crippen LogP contribution in [0.25, 0.3) is 0 Å². The van der Waals surface area contributed by atoms with Crippen LogP contribution in [0.1, 0.15) is 52.9 Å². The first-order valence-electron chi connectivity index (χ1n) is 8.40. The van der Waals surface area contributed by atoms with Crippen LogP contribution in [0.4, 0.5) is 4.79 Å². The van der Waals surface area contributed by atoms with Gasteiger partial charge >= 0.3 is 6.09 Å². The zero-order valence-corrected chi connectivity index (χ0v) is 13.5. The van der Waals surface area contributed by atoms with Crippen molar-refractivity contribution in [2.24, 2.45) is 0 Å². The van der Waals surface area contributed by atoms with Gasteiger partial charge in [-0.05, 0) is 66.0 Å². The molecule has 4 atom stereocenters. The van der Waals surface area contributed by atoms with Gasteiger partial charge in [-0.2, -0.15) is 0 Å². The lowest BCUT2D eigenvalue weighted by atomic mass is 9.97. The highest BCUT2D eigenvalue weighted by Gasteiger charge is 2.42.